The Morgan fingerprint density at radius 3 is 1.29 bits per heavy atom. The minimum Gasteiger partial charge on any atom is -0.286 e. The number of benzene rings is 3. The number of allylic oxidation sites excluding steroid dienone is 1. The monoisotopic (exact) mass is 454 g/mol. The van der Waals surface area contributed by atoms with E-state index in [9.17, 15) is 0 Å². The third kappa shape index (κ3) is 9.69. The maximum Gasteiger partial charge on any atom is 0.109 e. The smallest absolute Gasteiger partial charge is 0.109 e. The van der Waals surface area contributed by atoms with Crippen molar-refractivity contribution in [1.29, 1.82) is 0 Å². The Hall–Kier alpha value is -2.64. The van der Waals surface area contributed by atoms with Crippen molar-refractivity contribution in [1.82, 2.24) is 0 Å². The molecule has 0 aliphatic rings. The second-order valence-electron chi connectivity index (χ2n) is 9.80. The first-order valence-corrected chi connectivity index (χ1v) is 13.4. The summed E-state index contributed by atoms with van der Waals surface area (Å²) in [6, 6.07) is 33.0. The summed E-state index contributed by atoms with van der Waals surface area (Å²) < 4.78 is 0.912. The lowest BCUT2D eigenvalue weighted by Crippen LogP contribution is -2.40. The summed E-state index contributed by atoms with van der Waals surface area (Å²) in [5, 5.41) is 0. The molecule has 0 unspecified atom stereocenters. The van der Waals surface area contributed by atoms with Gasteiger partial charge in [-0.15, -0.1) is 0 Å². The van der Waals surface area contributed by atoms with Crippen LogP contribution in [0.2, 0.25) is 0 Å². The minimum absolute atomic E-state index is 0.912. The van der Waals surface area contributed by atoms with Gasteiger partial charge in [-0.25, -0.2) is 0 Å². The zero-order valence-electron chi connectivity index (χ0n) is 21.2. The summed E-state index contributed by atoms with van der Waals surface area (Å²) >= 11 is 0. The van der Waals surface area contributed by atoms with E-state index in [1.165, 1.54) is 74.5 Å². The molecule has 3 rings (SSSR count). The van der Waals surface area contributed by atoms with Crippen LogP contribution in [0.5, 0.6) is 0 Å². The Labute approximate surface area is 208 Å². The third-order valence-corrected chi connectivity index (χ3v) is 6.67. The second-order valence-corrected chi connectivity index (χ2v) is 9.80. The molecule has 0 heterocycles. The van der Waals surface area contributed by atoms with Gasteiger partial charge in [-0.1, -0.05) is 143 Å². The molecule has 34 heavy (non-hydrogen) atoms. The molecule has 1 heteroatoms. The summed E-state index contributed by atoms with van der Waals surface area (Å²) in [6.07, 6.45) is 17.1. The average molecular weight is 455 g/mol. The molecule has 0 radical (unpaired) electrons. The lowest BCUT2D eigenvalue weighted by Gasteiger charge is -2.36. The van der Waals surface area contributed by atoms with E-state index in [1.807, 2.05) is 0 Å². The lowest BCUT2D eigenvalue weighted by atomic mass is 10.1. The molecular formula is C33H44N+. The molecule has 0 spiro atoms. The van der Waals surface area contributed by atoms with Gasteiger partial charge in [0.15, 0.2) is 0 Å². The molecule has 0 atom stereocenters. The van der Waals surface area contributed by atoms with Gasteiger partial charge >= 0.3 is 0 Å². The number of unbranched alkanes of at least 4 members (excludes halogenated alkanes) is 8. The SMILES string of the molecule is CCCCCCCCCC/C=C/[N+](Cc1ccccc1)(Cc1ccccc1)Cc1ccccc1. The number of hydrogen-bond donors (Lipinski definition) is 0. The van der Waals surface area contributed by atoms with Gasteiger partial charge in [-0.3, -0.25) is 4.48 Å². The molecule has 1 nitrogen and oxygen atoms in total. The number of rotatable bonds is 16. The van der Waals surface area contributed by atoms with Crippen molar-refractivity contribution < 1.29 is 4.48 Å². The first kappa shape index (κ1) is 26.0. The van der Waals surface area contributed by atoms with Gasteiger partial charge in [0, 0.05) is 16.7 Å². The average Bonchev–Trinajstić information content (AvgIpc) is 2.87. The van der Waals surface area contributed by atoms with Crippen LogP contribution in [0.4, 0.5) is 0 Å². The van der Waals surface area contributed by atoms with Crippen molar-refractivity contribution >= 4 is 0 Å². The highest BCUT2D eigenvalue weighted by Gasteiger charge is 2.26. The van der Waals surface area contributed by atoms with E-state index in [4.69, 9.17) is 0 Å². The third-order valence-electron chi connectivity index (χ3n) is 6.67. The number of quaternary nitrogens is 1. The van der Waals surface area contributed by atoms with Crippen LogP contribution in [0.1, 0.15) is 81.4 Å². The van der Waals surface area contributed by atoms with Crippen LogP contribution in [0.15, 0.2) is 103 Å². The van der Waals surface area contributed by atoms with Crippen molar-refractivity contribution in [3.05, 3.63) is 120 Å². The van der Waals surface area contributed by atoms with E-state index in [1.54, 1.807) is 0 Å². The Morgan fingerprint density at radius 1 is 0.500 bits per heavy atom. The van der Waals surface area contributed by atoms with Gasteiger partial charge in [0.1, 0.15) is 19.6 Å². The molecule has 0 amide bonds. The zero-order chi connectivity index (χ0) is 23.7. The van der Waals surface area contributed by atoms with Crippen LogP contribution in [-0.2, 0) is 19.6 Å². The van der Waals surface area contributed by atoms with E-state index < -0.39 is 0 Å². The van der Waals surface area contributed by atoms with E-state index in [0.717, 1.165) is 24.1 Å². The molecular weight excluding hydrogens is 410 g/mol. The molecule has 0 fully saturated rings. The van der Waals surface area contributed by atoms with Crippen LogP contribution in [0.25, 0.3) is 0 Å². The summed E-state index contributed by atoms with van der Waals surface area (Å²) in [4.78, 5) is 0. The van der Waals surface area contributed by atoms with Crippen molar-refractivity contribution in [3.8, 4) is 0 Å². The van der Waals surface area contributed by atoms with E-state index in [0.29, 0.717) is 0 Å². The molecule has 0 aliphatic heterocycles. The van der Waals surface area contributed by atoms with E-state index >= 15 is 0 Å². The first-order chi connectivity index (χ1) is 16.8. The fourth-order valence-electron chi connectivity index (χ4n) is 4.86. The molecule has 0 aliphatic carbocycles. The number of hydrogen-bond acceptors (Lipinski definition) is 0. The molecule has 0 aromatic heterocycles. The maximum absolute atomic E-state index is 2.51. The maximum atomic E-state index is 2.51. The predicted octanol–water partition coefficient (Wildman–Crippen LogP) is 9.45. The van der Waals surface area contributed by atoms with Gasteiger partial charge < -0.3 is 0 Å². The second kappa shape index (κ2) is 15.3. The molecule has 0 saturated carbocycles. The van der Waals surface area contributed by atoms with Gasteiger partial charge in [-0.2, -0.15) is 0 Å². The molecule has 3 aromatic carbocycles. The topological polar surface area (TPSA) is 0 Å². The van der Waals surface area contributed by atoms with Gasteiger partial charge in [0.2, 0.25) is 0 Å². The molecule has 0 N–H and O–H groups in total. The fraction of sp³-hybridized carbons (Fsp3) is 0.394. The van der Waals surface area contributed by atoms with Gasteiger partial charge in [-0.05, 0) is 18.9 Å². The zero-order valence-corrected chi connectivity index (χ0v) is 21.2. The van der Waals surface area contributed by atoms with Crippen LogP contribution in [0, 0.1) is 0 Å². The Kier molecular flexibility index (Phi) is 11.7. The highest BCUT2D eigenvalue weighted by atomic mass is 15.3. The Morgan fingerprint density at radius 2 is 0.882 bits per heavy atom. The minimum atomic E-state index is 0.912. The Balaban J connectivity index is 1.71. The summed E-state index contributed by atoms with van der Waals surface area (Å²) in [7, 11) is 0. The predicted molar refractivity (Wildman–Crippen MR) is 147 cm³/mol. The normalized spacial score (nSPS) is 11.8. The lowest BCUT2D eigenvalue weighted by molar-refractivity contribution is -0.919. The van der Waals surface area contributed by atoms with Crippen LogP contribution in [-0.4, -0.2) is 4.48 Å². The van der Waals surface area contributed by atoms with Crippen LogP contribution < -0.4 is 0 Å². The first-order valence-electron chi connectivity index (χ1n) is 13.4. The van der Waals surface area contributed by atoms with Crippen molar-refractivity contribution in [2.75, 3.05) is 0 Å². The van der Waals surface area contributed by atoms with Gasteiger partial charge in [0.25, 0.3) is 0 Å². The van der Waals surface area contributed by atoms with Gasteiger partial charge in [0.05, 0.1) is 6.20 Å². The standard InChI is InChI=1S/C33H44N/c1-2-3-4-5-6-7-8-9-10-20-27-34(28-31-21-14-11-15-22-31,29-32-23-16-12-17-24-32)30-33-25-18-13-19-26-33/h11-27H,2-10,28-30H2,1H3/q+1/b27-20+. The van der Waals surface area contributed by atoms with Crippen molar-refractivity contribution in [2.45, 2.75) is 84.3 Å². The van der Waals surface area contributed by atoms with Crippen molar-refractivity contribution in [3.63, 3.8) is 0 Å². The Bertz CT molecular complexity index is 813. The summed E-state index contributed by atoms with van der Waals surface area (Å²) in [5.74, 6) is 0. The fourth-order valence-corrected chi connectivity index (χ4v) is 4.86. The molecule has 0 bridgehead atoms. The highest BCUT2D eigenvalue weighted by molar-refractivity contribution is 5.17. The largest absolute Gasteiger partial charge is 0.286 e. The number of nitrogens with zero attached hydrogens (tertiary/aromatic N) is 1. The molecule has 0 saturated heterocycles. The molecule has 3 aromatic rings. The van der Waals surface area contributed by atoms with Crippen molar-refractivity contribution in [2.24, 2.45) is 0 Å². The molecule has 180 valence electrons. The van der Waals surface area contributed by atoms with E-state index in [-0.39, 0.29) is 0 Å². The summed E-state index contributed by atoms with van der Waals surface area (Å²) in [6.45, 7) is 5.29. The summed E-state index contributed by atoms with van der Waals surface area (Å²) in [5.41, 5.74) is 4.18. The van der Waals surface area contributed by atoms with E-state index in [2.05, 4.69) is 110 Å². The highest BCUT2D eigenvalue weighted by Crippen LogP contribution is 2.25. The van der Waals surface area contributed by atoms with Crippen LogP contribution in [0.3, 0.4) is 0 Å². The quantitative estimate of drug-likeness (QED) is 0.149. The van der Waals surface area contributed by atoms with Crippen LogP contribution >= 0.6 is 0 Å².